The van der Waals surface area contributed by atoms with E-state index in [1.54, 1.807) is 7.11 Å². The Balaban J connectivity index is 2.03. The fraction of sp³-hybridized carbons (Fsp3) is 0.353. The minimum Gasteiger partial charge on any atom is -0.497 e. The molecular formula is C17H23N3O. The van der Waals surface area contributed by atoms with E-state index in [-0.39, 0.29) is 0 Å². The highest BCUT2D eigenvalue weighted by Gasteiger charge is 2.04. The largest absolute Gasteiger partial charge is 0.497 e. The Kier molecular flexibility index (Phi) is 5.58. The van der Waals surface area contributed by atoms with Gasteiger partial charge in [0.15, 0.2) is 0 Å². The molecule has 0 fully saturated rings. The molecular weight excluding hydrogens is 262 g/mol. The molecule has 112 valence electrons. The molecule has 1 aromatic heterocycles. The van der Waals surface area contributed by atoms with Crippen molar-refractivity contribution in [3.8, 4) is 5.75 Å². The van der Waals surface area contributed by atoms with Crippen LogP contribution in [0.5, 0.6) is 5.75 Å². The first-order valence-electron chi connectivity index (χ1n) is 7.22. The van der Waals surface area contributed by atoms with E-state index in [1.165, 1.54) is 11.3 Å². The number of hydrogen-bond donors (Lipinski definition) is 1. The van der Waals surface area contributed by atoms with Gasteiger partial charge in [-0.2, -0.15) is 0 Å². The minimum absolute atomic E-state index is 0.806. The van der Waals surface area contributed by atoms with Crippen LogP contribution in [0, 0.1) is 0 Å². The van der Waals surface area contributed by atoms with Gasteiger partial charge in [0.2, 0.25) is 0 Å². The van der Waals surface area contributed by atoms with Crippen LogP contribution in [0.2, 0.25) is 0 Å². The van der Waals surface area contributed by atoms with E-state index in [2.05, 4.69) is 47.4 Å². The molecule has 1 heterocycles. The number of pyridine rings is 1. The van der Waals surface area contributed by atoms with E-state index in [9.17, 15) is 0 Å². The first kappa shape index (κ1) is 15.3. The fourth-order valence-electron chi connectivity index (χ4n) is 2.15. The van der Waals surface area contributed by atoms with E-state index in [1.807, 2.05) is 24.4 Å². The first-order valence-corrected chi connectivity index (χ1v) is 7.22. The molecule has 0 saturated heterocycles. The van der Waals surface area contributed by atoms with Gasteiger partial charge in [0.05, 0.1) is 12.8 Å². The lowest BCUT2D eigenvalue weighted by Crippen LogP contribution is -2.18. The number of rotatable bonds is 7. The second-order valence-corrected chi connectivity index (χ2v) is 4.99. The van der Waals surface area contributed by atoms with Gasteiger partial charge in [0.1, 0.15) is 5.75 Å². The summed E-state index contributed by atoms with van der Waals surface area (Å²) in [5.74, 6) is 0.887. The van der Waals surface area contributed by atoms with Crippen molar-refractivity contribution in [1.82, 2.24) is 10.3 Å². The Morgan fingerprint density at radius 2 is 1.95 bits per heavy atom. The highest BCUT2D eigenvalue weighted by Crippen LogP contribution is 2.18. The average Bonchev–Trinajstić information content (AvgIpc) is 2.54. The van der Waals surface area contributed by atoms with Crippen molar-refractivity contribution in [3.63, 3.8) is 0 Å². The maximum Gasteiger partial charge on any atom is 0.118 e. The number of hydrogen-bond acceptors (Lipinski definition) is 4. The normalized spacial score (nSPS) is 10.4. The smallest absolute Gasteiger partial charge is 0.118 e. The van der Waals surface area contributed by atoms with Crippen LogP contribution in [0.4, 0.5) is 5.69 Å². The Morgan fingerprint density at radius 3 is 2.62 bits per heavy atom. The molecule has 0 radical (unpaired) electrons. The minimum atomic E-state index is 0.806. The third kappa shape index (κ3) is 4.46. The number of methoxy groups -OCH3 is 1. The topological polar surface area (TPSA) is 37.4 Å². The molecule has 0 unspecified atom stereocenters. The molecule has 0 atom stereocenters. The number of nitrogens with zero attached hydrogens (tertiary/aromatic N) is 2. The van der Waals surface area contributed by atoms with Gasteiger partial charge in [-0.25, -0.2) is 0 Å². The molecule has 1 N–H and O–H groups in total. The summed E-state index contributed by atoms with van der Waals surface area (Å²) < 4.78 is 5.18. The van der Waals surface area contributed by atoms with Crippen molar-refractivity contribution in [2.24, 2.45) is 0 Å². The second kappa shape index (κ2) is 7.64. The summed E-state index contributed by atoms with van der Waals surface area (Å²) in [7, 11) is 3.78. The van der Waals surface area contributed by atoms with Gasteiger partial charge >= 0.3 is 0 Å². The van der Waals surface area contributed by atoms with Crippen molar-refractivity contribution >= 4 is 5.69 Å². The average molecular weight is 285 g/mol. The van der Waals surface area contributed by atoms with Crippen molar-refractivity contribution in [2.45, 2.75) is 20.0 Å². The zero-order chi connectivity index (χ0) is 15.1. The SMILES string of the molecule is CCNCc1cc(N(C)Cc2ccc(OC)cc2)ccn1. The maximum atomic E-state index is 5.18. The van der Waals surface area contributed by atoms with Crippen LogP contribution in [-0.2, 0) is 13.1 Å². The zero-order valence-electron chi connectivity index (χ0n) is 13.0. The van der Waals surface area contributed by atoms with Gasteiger partial charge in [-0.1, -0.05) is 19.1 Å². The molecule has 0 spiro atoms. The van der Waals surface area contributed by atoms with Gasteiger partial charge in [0.25, 0.3) is 0 Å². The molecule has 4 nitrogen and oxygen atoms in total. The van der Waals surface area contributed by atoms with Crippen molar-refractivity contribution in [1.29, 1.82) is 0 Å². The third-order valence-electron chi connectivity index (χ3n) is 3.38. The van der Waals surface area contributed by atoms with Gasteiger partial charge in [-0.3, -0.25) is 4.98 Å². The van der Waals surface area contributed by atoms with Crippen LogP contribution in [0.25, 0.3) is 0 Å². The molecule has 2 aromatic rings. The maximum absolute atomic E-state index is 5.18. The van der Waals surface area contributed by atoms with Crippen LogP contribution in [0.3, 0.4) is 0 Å². The molecule has 0 amide bonds. The van der Waals surface area contributed by atoms with Crippen molar-refractivity contribution in [3.05, 3.63) is 53.9 Å². The first-order chi connectivity index (χ1) is 10.2. The molecule has 1 aromatic carbocycles. The van der Waals surface area contributed by atoms with E-state index >= 15 is 0 Å². The highest BCUT2D eigenvalue weighted by molar-refractivity contribution is 5.46. The van der Waals surface area contributed by atoms with E-state index in [0.29, 0.717) is 0 Å². The summed E-state index contributed by atoms with van der Waals surface area (Å²) in [5.41, 5.74) is 3.49. The Morgan fingerprint density at radius 1 is 1.19 bits per heavy atom. The lowest BCUT2D eigenvalue weighted by molar-refractivity contribution is 0.414. The molecule has 0 bridgehead atoms. The fourth-order valence-corrected chi connectivity index (χ4v) is 2.15. The summed E-state index contributed by atoms with van der Waals surface area (Å²) in [6, 6.07) is 12.3. The lowest BCUT2D eigenvalue weighted by atomic mass is 10.2. The molecule has 21 heavy (non-hydrogen) atoms. The van der Waals surface area contributed by atoms with Gasteiger partial charge in [-0.05, 0) is 36.4 Å². The third-order valence-corrected chi connectivity index (χ3v) is 3.38. The molecule has 4 heteroatoms. The molecule has 0 aliphatic rings. The quantitative estimate of drug-likeness (QED) is 0.849. The predicted molar refractivity (Wildman–Crippen MR) is 86.7 cm³/mol. The summed E-state index contributed by atoms with van der Waals surface area (Å²) in [4.78, 5) is 6.60. The summed E-state index contributed by atoms with van der Waals surface area (Å²) in [6.45, 7) is 4.71. The Hall–Kier alpha value is -2.07. The molecule has 0 saturated carbocycles. The van der Waals surface area contributed by atoms with E-state index in [0.717, 1.165) is 31.1 Å². The van der Waals surface area contributed by atoms with E-state index < -0.39 is 0 Å². The highest BCUT2D eigenvalue weighted by atomic mass is 16.5. The number of nitrogens with one attached hydrogen (secondary N) is 1. The van der Waals surface area contributed by atoms with Crippen LogP contribution >= 0.6 is 0 Å². The summed E-state index contributed by atoms with van der Waals surface area (Å²) in [5, 5.41) is 3.30. The van der Waals surface area contributed by atoms with Crippen LogP contribution in [0.15, 0.2) is 42.6 Å². The molecule has 2 rings (SSSR count). The predicted octanol–water partition coefficient (Wildman–Crippen LogP) is 2.84. The summed E-state index contributed by atoms with van der Waals surface area (Å²) in [6.07, 6.45) is 1.87. The summed E-state index contributed by atoms with van der Waals surface area (Å²) >= 11 is 0. The number of benzene rings is 1. The lowest BCUT2D eigenvalue weighted by Gasteiger charge is -2.20. The van der Waals surface area contributed by atoms with Gasteiger partial charge in [-0.15, -0.1) is 0 Å². The standard InChI is InChI=1S/C17H23N3O/c1-4-18-12-15-11-16(9-10-19-15)20(2)13-14-5-7-17(21-3)8-6-14/h5-11,18H,4,12-13H2,1-3H3. The van der Waals surface area contributed by atoms with Gasteiger partial charge < -0.3 is 15.0 Å². The van der Waals surface area contributed by atoms with Crippen LogP contribution in [-0.4, -0.2) is 25.7 Å². The monoisotopic (exact) mass is 285 g/mol. The molecule has 0 aliphatic carbocycles. The number of ether oxygens (including phenoxy) is 1. The Labute approximate surface area is 126 Å². The number of aromatic nitrogens is 1. The van der Waals surface area contributed by atoms with Crippen LogP contribution < -0.4 is 15.0 Å². The van der Waals surface area contributed by atoms with Crippen molar-refractivity contribution in [2.75, 3.05) is 25.6 Å². The number of anilines is 1. The Bertz CT molecular complexity index is 554. The second-order valence-electron chi connectivity index (χ2n) is 4.99. The molecule has 0 aliphatic heterocycles. The van der Waals surface area contributed by atoms with Crippen LogP contribution in [0.1, 0.15) is 18.2 Å². The zero-order valence-corrected chi connectivity index (χ0v) is 13.0. The van der Waals surface area contributed by atoms with Crippen molar-refractivity contribution < 1.29 is 4.74 Å². The van der Waals surface area contributed by atoms with E-state index in [4.69, 9.17) is 4.74 Å². The van der Waals surface area contributed by atoms with Gasteiger partial charge in [0, 0.05) is 32.0 Å².